The fourth-order valence-corrected chi connectivity index (χ4v) is 4.05. The molecule has 0 unspecified atom stereocenters. The molecule has 0 aromatic carbocycles. The SMILES string of the molecule is CC(C)(CNC(=O)C1CCN(S(C)(=O)=O)CC1)N1CCOCC1. The Morgan fingerprint density at radius 1 is 1.17 bits per heavy atom. The minimum atomic E-state index is -3.14. The van der Waals surface area contributed by atoms with Crippen molar-refractivity contribution < 1.29 is 17.9 Å². The Labute approximate surface area is 139 Å². The molecule has 8 heteroatoms. The highest BCUT2D eigenvalue weighted by Crippen LogP contribution is 2.20. The maximum absolute atomic E-state index is 12.4. The monoisotopic (exact) mass is 347 g/mol. The number of sulfonamides is 1. The van der Waals surface area contributed by atoms with E-state index in [-0.39, 0.29) is 17.4 Å². The number of carbonyl (C=O) groups is 1. The summed E-state index contributed by atoms with van der Waals surface area (Å²) in [4.78, 5) is 14.7. The van der Waals surface area contributed by atoms with Crippen molar-refractivity contribution in [2.75, 3.05) is 52.2 Å². The Morgan fingerprint density at radius 3 is 2.26 bits per heavy atom. The average molecular weight is 347 g/mol. The standard InChI is InChI=1S/C15H29N3O4S/c1-15(2,17-8-10-22-11-9-17)12-16-14(19)13-4-6-18(7-5-13)23(3,20)21/h13H,4-12H2,1-3H3,(H,16,19). The fraction of sp³-hybridized carbons (Fsp3) is 0.933. The number of hydrogen-bond donors (Lipinski definition) is 1. The Morgan fingerprint density at radius 2 is 1.74 bits per heavy atom. The van der Waals surface area contributed by atoms with Gasteiger partial charge in [-0.15, -0.1) is 0 Å². The third kappa shape index (κ3) is 5.14. The number of hydrogen-bond acceptors (Lipinski definition) is 5. The van der Waals surface area contributed by atoms with E-state index >= 15 is 0 Å². The summed E-state index contributed by atoms with van der Waals surface area (Å²) in [7, 11) is -3.14. The van der Waals surface area contributed by atoms with Crippen molar-refractivity contribution >= 4 is 15.9 Å². The summed E-state index contributed by atoms with van der Waals surface area (Å²) < 4.78 is 29.8. The van der Waals surface area contributed by atoms with E-state index in [1.165, 1.54) is 10.6 Å². The molecule has 0 radical (unpaired) electrons. The van der Waals surface area contributed by atoms with Gasteiger partial charge in [-0.05, 0) is 26.7 Å². The quantitative estimate of drug-likeness (QED) is 0.750. The molecule has 2 heterocycles. The van der Waals surface area contributed by atoms with Crippen LogP contribution in [0.4, 0.5) is 0 Å². The van der Waals surface area contributed by atoms with Gasteiger partial charge in [0.2, 0.25) is 15.9 Å². The minimum Gasteiger partial charge on any atom is -0.379 e. The van der Waals surface area contributed by atoms with Crippen LogP contribution in [-0.4, -0.2) is 81.3 Å². The first-order valence-corrected chi connectivity index (χ1v) is 10.1. The molecule has 23 heavy (non-hydrogen) atoms. The summed E-state index contributed by atoms with van der Waals surface area (Å²) in [6.07, 6.45) is 2.41. The van der Waals surface area contributed by atoms with Gasteiger partial charge in [-0.3, -0.25) is 9.69 Å². The molecule has 134 valence electrons. The second kappa shape index (κ2) is 7.46. The Balaban J connectivity index is 1.79. The molecule has 2 aliphatic heterocycles. The van der Waals surface area contributed by atoms with Crippen LogP contribution < -0.4 is 5.32 Å². The van der Waals surface area contributed by atoms with E-state index in [1.54, 1.807) is 0 Å². The van der Waals surface area contributed by atoms with Gasteiger partial charge in [0.15, 0.2) is 0 Å². The molecule has 2 saturated heterocycles. The van der Waals surface area contributed by atoms with E-state index in [2.05, 4.69) is 24.1 Å². The molecule has 0 bridgehead atoms. The molecule has 0 aromatic heterocycles. The summed E-state index contributed by atoms with van der Waals surface area (Å²) in [5, 5.41) is 3.05. The van der Waals surface area contributed by atoms with Gasteiger partial charge < -0.3 is 10.1 Å². The minimum absolute atomic E-state index is 0.0412. The second-order valence-electron chi connectivity index (χ2n) is 7.07. The summed E-state index contributed by atoms with van der Waals surface area (Å²) in [6, 6.07) is 0. The molecule has 2 aliphatic rings. The Hall–Kier alpha value is -0.700. The van der Waals surface area contributed by atoms with Gasteiger partial charge in [-0.1, -0.05) is 0 Å². The van der Waals surface area contributed by atoms with Crippen molar-refractivity contribution in [3.63, 3.8) is 0 Å². The van der Waals surface area contributed by atoms with Gasteiger partial charge in [0.25, 0.3) is 0 Å². The zero-order valence-corrected chi connectivity index (χ0v) is 15.2. The molecule has 0 aliphatic carbocycles. The number of rotatable bonds is 5. The molecule has 0 saturated carbocycles. The lowest BCUT2D eigenvalue weighted by atomic mass is 9.96. The highest BCUT2D eigenvalue weighted by molar-refractivity contribution is 7.88. The van der Waals surface area contributed by atoms with Crippen molar-refractivity contribution in [1.29, 1.82) is 0 Å². The number of nitrogens with zero attached hydrogens (tertiary/aromatic N) is 2. The van der Waals surface area contributed by atoms with E-state index in [1.807, 2.05) is 0 Å². The smallest absolute Gasteiger partial charge is 0.223 e. The second-order valence-corrected chi connectivity index (χ2v) is 9.05. The first kappa shape index (κ1) is 18.6. The maximum atomic E-state index is 12.4. The van der Waals surface area contributed by atoms with Crippen LogP contribution >= 0.6 is 0 Å². The predicted molar refractivity (Wildman–Crippen MR) is 88.6 cm³/mol. The van der Waals surface area contributed by atoms with Crippen LogP contribution in [0.15, 0.2) is 0 Å². The van der Waals surface area contributed by atoms with Crippen LogP contribution in [0.5, 0.6) is 0 Å². The number of amides is 1. The van der Waals surface area contributed by atoms with E-state index in [0.29, 0.717) is 32.5 Å². The number of carbonyl (C=O) groups excluding carboxylic acids is 1. The lowest BCUT2D eigenvalue weighted by Gasteiger charge is -2.41. The zero-order valence-electron chi connectivity index (χ0n) is 14.4. The Kier molecular flexibility index (Phi) is 6.05. The van der Waals surface area contributed by atoms with Crippen molar-refractivity contribution in [2.24, 2.45) is 5.92 Å². The fourth-order valence-electron chi connectivity index (χ4n) is 3.18. The summed E-state index contributed by atoms with van der Waals surface area (Å²) in [6.45, 7) is 8.97. The van der Waals surface area contributed by atoms with Gasteiger partial charge in [-0.2, -0.15) is 0 Å². The number of nitrogens with one attached hydrogen (secondary N) is 1. The first-order valence-electron chi connectivity index (χ1n) is 8.26. The Bertz CT molecular complexity index is 507. The summed E-state index contributed by atoms with van der Waals surface area (Å²) in [5.41, 5.74) is -0.104. The normalized spacial score (nSPS) is 22.9. The maximum Gasteiger partial charge on any atom is 0.223 e. The highest BCUT2D eigenvalue weighted by Gasteiger charge is 2.32. The topological polar surface area (TPSA) is 79.0 Å². The van der Waals surface area contributed by atoms with Gasteiger partial charge in [0.1, 0.15) is 0 Å². The van der Waals surface area contributed by atoms with Crippen LogP contribution in [0.1, 0.15) is 26.7 Å². The van der Waals surface area contributed by atoms with Crippen molar-refractivity contribution in [1.82, 2.24) is 14.5 Å². The highest BCUT2D eigenvalue weighted by atomic mass is 32.2. The lowest BCUT2D eigenvalue weighted by Crippen LogP contribution is -2.56. The third-order valence-electron chi connectivity index (χ3n) is 4.86. The van der Waals surface area contributed by atoms with Crippen LogP contribution in [0.2, 0.25) is 0 Å². The number of morpholine rings is 1. The van der Waals surface area contributed by atoms with Gasteiger partial charge in [-0.25, -0.2) is 12.7 Å². The molecule has 0 atom stereocenters. The summed E-state index contributed by atoms with van der Waals surface area (Å²) in [5.74, 6) is -0.0482. The lowest BCUT2D eigenvalue weighted by molar-refractivity contribution is -0.126. The number of piperidine rings is 1. The van der Waals surface area contributed by atoms with E-state index in [0.717, 1.165) is 26.3 Å². The van der Waals surface area contributed by atoms with Gasteiger partial charge in [0.05, 0.1) is 19.5 Å². The van der Waals surface area contributed by atoms with Gasteiger partial charge >= 0.3 is 0 Å². The van der Waals surface area contributed by atoms with Crippen LogP contribution in [0.25, 0.3) is 0 Å². The molecular weight excluding hydrogens is 318 g/mol. The van der Waals surface area contributed by atoms with Crippen molar-refractivity contribution in [3.8, 4) is 0 Å². The van der Waals surface area contributed by atoms with Crippen molar-refractivity contribution in [3.05, 3.63) is 0 Å². The largest absolute Gasteiger partial charge is 0.379 e. The molecule has 7 nitrogen and oxygen atoms in total. The average Bonchev–Trinajstić information content (AvgIpc) is 2.53. The van der Waals surface area contributed by atoms with Gasteiger partial charge in [0, 0.05) is 44.2 Å². The summed E-state index contributed by atoms with van der Waals surface area (Å²) >= 11 is 0. The third-order valence-corrected chi connectivity index (χ3v) is 6.16. The molecule has 0 aromatic rings. The van der Waals surface area contributed by atoms with Crippen LogP contribution in [0.3, 0.4) is 0 Å². The zero-order chi connectivity index (χ0) is 17.1. The van der Waals surface area contributed by atoms with E-state index in [4.69, 9.17) is 4.74 Å². The van der Waals surface area contributed by atoms with Crippen molar-refractivity contribution in [2.45, 2.75) is 32.2 Å². The molecule has 0 spiro atoms. The first-order chi connectivity index (χ1) is 10.7. The molecule has 2 rings (SSSR count). The van der Waals surface area contributed by atoms with Crippen LogP contribution in [0, 0.1) is 5.92 Å². The molecule has 1 amide bonds. The van der Waals surface area contributed by atoms with E-state index < -0.39 is 10.0 Å². The van der Waals surface area contributed by atoms with E-state index in [9.17, 15) is 13.2 Å². The number of ether oxygens (including phenoxy) is 1. The molecular formula is C15H29N3O4S. The van der Waals surface area contributed by atoms with Crippen LogP contribution in [-0.2, 0) is 19.6 Å². The molecule has 1 N–H and O–H groups in total. The predicted octanol–water partition coefficient (Wildman–Crippen LogP) is -0.115. The molecule has 2 fully saturated rings.